The summed E-state index contributed by atoms with van der Waals surface area (Å²) in [7, 11) is 0. The van der Waals surface area contributed by atoms with E-state index in [0.717, 1.165) is 0 Å². The van der Waals surface area contributed by atoms with Gasteiger partial charge in [0.2, 0.25) is 5.75 Å². The van der Waals surface area contributed by atoms with Gasteiger partial charge in [-0.3, -0.25) is 4.79 Å². The normalized spacial score (nSPS) is 15.4. The molecule has 3 rings (SSSR count). The smallest absolute Gasteiger partial charge is 0.459 e. The van der Waals surface area contributed by atoms with E-state index in [1.165, 1.54) is 0 Å². The van der Waals surface area contributed by atoms with Crippen molar-refractivity contribution in [2.75, 3.05) is 0 Å². The number of aromatic amines is 1. The molecule has 0 amide bonds. The van der Waals surface area contributed by atoms with Crippen LogP contribution in [0.15, 0.2) is 23.0 Å². The molecule has 0 radical (unpaired) electrons. The molecule has 2 N–H and O–H groups in total. The fraction of sp³-hybridized carbons (Fsp3) is 0.375. The van der Waals surface area contributed by atoms with E-state index in [2.05, 4.69) is 9.72 Å². The highest BCUT2D eigenvalue weighted by molar-refractivity contribution is 5.44. The average Bonchev–Trinajstić information content (AvgIpc) is 3.40. The summed E-state index contributed by atoms with van der Waals surface area (Å²) in [6, 6.07) is 1.30. The van der Waals surface area contributed by atoms with E-state index in [0.29, 0.717) is 25.0 Å². The number of nitrogens with zero attached hydrogens (tertiary/aromatic N) is 1. The second-order valence-corrected chi connectivity index (χ2v) is 6.25. The average molecular weight is 430 g/mol. The minimum Gasteiger partial charge on any atom is -0.507 e. The maximum Gasteiger partial charge on any atom is 0.459 e. The number of aromatic hydroxyl groups is 1. The first-order valence-electron chi connectivity index (χ1n) is 7.89. The Kier molecular flexibility index (Phi) is 4.74. The number of ether oxygens (including phenoxy) is 1. The number of H-pyrrole nitrogens is 1. The lowest BCUT2D eigenvalue weighted by Gasteiger charge is -2.21. The van der Waals surface area contributed by atoms with Gasteiger partial charge in [-0.2, -0.15) is 35.1 Å². The summed E-state index contributed by atoms with van der Waals surface area (Å²) in [4.78, 5) is 17.3. The Morgan fingerprint density at radius 2 is 1.69 bits per heavy atom. The van der Waals surface area contributed by atoms with Crippen LogP contribution >= 0.6 is 0 Å². The first-order valence-corrected chi connectivity index (χ1v) is 7.89. The van der Waals surface area contributed by atoms with Gasteiger partial charge >= 0.3 is 18.3 Å². The second kappa shape index (κ2) is 6.59. The zero-order chi connectivity index (χ0) is 21.8. The topological polar surface area (TPSA) is 75.2 Å². The van der Waals surface area contributed by atoms with Crippen LogP contribution in [0.1, 0.15) is 35.8 Å². The maximum absolute atomic E-state index is 14.0. The fourth-order valence-electron chi connectivity index (χ4n) is 2.40. The second-order valence-electron chi connectivity index (χ2n) is 6.25. The van der Waals surface area contributed by atoms with Crippen molar-refractivity contribution in [1.29, 1.82) is 0 Å². The van der Waals surface area contributed by atoms with Gasteiger partial charge in [-0.1, -0.05) is 0 Å². The van der Waals surface area contributed by atoms with E-state index in [9.17, 15) is 45.0 Å². The summed E-state index contributed by atoms with van der Waals surface area (Å²) >= 11 is 0. The molecule has 0 atom stereocenters. The highest BCUT2D eigenvalue weighted by Gasteiger charge is 2.62. The molecule has 5 nitrogen and oxygen atoms in total. The largest absolute Gasteiger partial charge is 0.507 e. The lowest BCUT2D eigenvalue weighted by atomic mass is 10.1. The molecule has 29 heavy (non-hydrogen) atoms. The maximum atomic E-state index is 14.0. The molecule has 0 spiro atoms. The lowest BCUT2D eigenvalue weighted by molar-refractivity contribution is -0.291. The minimum atomic E-state index is -6.14. The monoisotopic (exact) mass is 430 g/mol. The molecular weight excluding hydrogens is 420 g/mol. The van der Waals surface area contributed by atoms with Crippen LogP contribution in [-0.2, 0) is 12.1 Å². The van der Waals surface area contributed by atoms with Gasteiger partial charge in [0.1, 0.15) is 22.9 Å². The van der Waals surface area contributed by atoms with Crippen molar-refractivity contribution in [2.45, 2.75) is 37.0 Å². The zero-order valence-corrected chi connectivity index (χ0v) is 14.0. The third kappa shape index (κ3) is 3.98. The van der Waals surface area contributed by atoms with Crippen LogP contribution in [0, 0.1) is 0 Å². The van der Waals surface area contributed by atoms with E-state index in [4.69, 9.17) is 0 Å². The number of phenolic OH excluding ortho intramolecular Hbond substituents is 1. The summed E-state index contributed by atoms with van der Waals surface area (Å²) in [5.41, 5.74) is -5.21. The highest BCUT2D eigenvalue weighted by atomic mass is 19.4. The van der Waals surface area contributed by atoms with Gasteiger partial charge in [0.15, 0.2) is 5.69 Å². The van der Waals surface area contributed by atoms with Gasteiger partial charge in [-0.15, -0.1) is 0 Å². The standard InChI is InChI=1S/C16H10F8N2O3/c17-14(18,16(22,23)24)11-10(13(28)26-12(25-11)6-1-2-6)29-7-3-4-9(27)8(5-7)15(19,20)21/h3-6,27H,1-2H2,(H,25,26,28). The molecule has 0 bridgehead atoms. The number of halogens is 8. The van der Waals surface area contributed by atoms with Crippen molar-refractivity contribution in [2.24, 2.45) is 0 Å². The summed E-state index contributed by atoms with van der Waals surface area (Å²) in [5, 5.41) is 9.26. The van der Waals surface area contributed by atoms with E-state index in [1.807, 2.05) is 4.98 Å². The number of phenols is 1. The van der Waals surface area contributed by atoms with E-state index >= 15 is 0 Å². The SMILES string of the molecule is O=c1[nH]c(C2CC2)nc(C(F)(F)C(F)(F)F)c1Oc1ccc(O)c(C(F)(F)F)c1. The van der Waals surface area contributed by atoms with Crippen molar-refractivity contribution in [1.82, 2.24) is 9.97 Å². The predicted octanol–water partition coefficient (Wildman–Crippen LogP) is 4.82. The molecule has 1 aliphatic rings. The molecule has 0 unspecified atom stereocenters. The molecule has 0 saturated heterocycles. The van der Waals surface area contributed by atoms with Gasteiger partial charge in [0.25, 0.3) is 5.56 Å². The first kappa shape index (κ1) is 20.9. The Morgan fingerprint density at radius 1 is 1.07 bits per heavy atom. The highest BCUT2D eigenvalue weighted by Crippen LogP contribution is 2.47. The Balaban J connectivity index is 2.14. The van der Waals surface area contributed by atoms with Gasteiger partial charge in [0.05, 0.1) is 0 Å². The van der Waals surface area contributed by atoms with Crippen LogP contribution in [0.3, 0.4) is 0 Å². The van der Waals surface area contributed by atoms with Crippen molar-refractivity contribution in [3.63, 3.8) is 0 Å². The van der Waals surface area contributed by atoms with E-state index < -0.39 is 64.1 Å². The molecule has 1 fully saturated rings. The summed E-state index contributed by atoms with van der Waals surface area (Å²) in [6.07, 6.45) is -10.4. The fourth-order valence-corrected chi connectivity index (χ4v) is 2.40. The van der Waals surface area contributed by atoms with Crippen molar-refractivity contribution < 1.29 is 45.0 Å². The number of alkyl halides is 8. The van der Waals surface area contributed by atoms with Gasteiger partial charge < -0.3 is 14.8 Å². The van der Waals surface area contributed by atoms with Crippen LogP contribution in [-0.4, -0.2) is 21.3 Å². The molecule has 1 aromatic carbocycles. The molecule has 1 heterocycles. The molecule has 158 valence electrons. The number of hydrogen-bond acceptors (Lipinski definition) is 4. The number of aromatic nitrogens is 2. The van der Waals surface area contributed by atoms with Crippen molar-refractivity contribution >= 4 is 0 Å². The molecule has 0 aliphatic heterocycles. The molecular formula is C16H10F8N2O3. The third-order valence-electron chi connectivity index (χ3n) is 4.01. The minimum absolute atomic E-state index is 0.152. The van der Waals surface area contributed by atoms with Crippen LogP contribution < -0.4 is 10.3 Å². The Labute approximate surface area is 156 Å². The molecule has 1 saturated carbocycles. The summed E-state index contributed by atoms with van der Waals surface area (Å²) < 4.78 is 110. The third-order valence-corrected chi connectivity index (χ3v) is 4.01. The number of nitrogens with one attached hydrogen (secondary N) is 1. The molecule has 13 heteroatoms. The van der Waals surface area contributed by atoms with E-state index in [1.54, 1.807) is 0 Å². The van der Waals surface area contributed by atoms with Crippen LogP contribution in [0.5, 0.6) is 17.2 Å². The van der Waals surface area contributed by atoms with Crippen LogP contribution in [0.2, 0.25) is 0 Å². The van der Waals surface area contributed by atoms with Gasteiger partial charge in [0, 0.05) is 5.92 Å². The predicted molar refractivity (Wildman–Crippen MR) is 80.0 cm³/mol. The Bertz CT molecular complexity index is 993. The van der Waals surface area contributed by atoms with Crippen LogP contribution in [0.4, 0.5) is 35.1 Å². The molecule has 1 aliphatic carbocycles. The quantitative estimate of drug-likeness (QED) is 0.683. The Hall–Kier alpha value is -2.86. The van der Waals surface area contributed by atoms with Crippen molar-refractivity contribution in [3.8, 4) is 17.2 Å². The zero-order valence-electron chi connectivity index (χ0n) is 14.0. The first-order chi connectivity index (χ1) is 13.2. The van der Waals surface area contributed by atoms with E-state index in [-0.39, 0.29) is 6.07 Å². The summed E-state index contributed by atoms with van der Waals surface area (Å²) in [5.74, 6) is -10.3. The lowest BCUT2D eigenvalue weighted by Crippen LogP contribution is -2.37. The Morgan fingerprint density at radius 3 is 2.21 bits per heavy atom. The molecule has 1 aromatic heterocycles. The number of rotatable bonds is 4. The van der Waals surface area contributed by atoms with Gasteiger partial charge in [-0.05, 0) is 31.0 Å². The number of hydrogen-bond donors (Lipinski definition) is 2. The van der Waals surface area contributed by atoms with Crippen molar-refractivity contribution in [3.05, 3.63) is 45.6 Å². The summed E-state index contributed by atoms with van der Waals surface area (Å²) in [6.45, 7) is 0. The van der Waals surface area contributed by atoms with Crippen LogP contribution in [0.25, 0.3) is 0 Å². The number of benzene rings is 1. The molecule has 2 aromatic rings. The van der Waals surface area contributed by atoms with Gasteiger partial charge in [-0.25, -0.2) is 4.98 Å².